The van der Waals surface area contributed by atoms with Crippen LogP contribution in [0.1, 0.15) is 12.8 Å². The van der Waals surface area contributed by atoms with E-state index in [0.717, 1.165) is 13.0 Å². The number of hydrogen-bond donors (Lipinski definition) is 2. The van der Waals surface area contributed by atoms with Gasteiger partial charge in [0.1, 0.15) is 5.82 Å². The number of amides is 1. The Kier molecular flexibility index (Phi) is 3.86. The zero-order valence-electron chi connectivity index (χ0n) is 9.60. The molecule has 0 unspecified atom stereocenters. The van der Waals surface area contributed by atoms with Crippen molar-refractivity contribution < 1.29 is 18.0 Å². The highest BCUT2D eigenvalue weighted by atomic mass is 19.2. The van der Waals surface area contributed by atoms with Crippen molar-refractivity contribution in [2.75, 3.05) is 18.4 Å². The molecule has 98 valence electrons. The average molecular weight is 258 g/mol. The number of nitrogens with one attached hydrogen (secondary N) is 2. The van der Waals surface area contributed by atoms with E-state index in [4.69, 9.17) is 0 Å². The van der Waals surface area contributed by atoms with Gasteiger partial charge in [0.25, 0.3) is 0 Å². The normalized spacial score (nSPS) is 19.6. The number of carbonyl (C=O) groups is 1. The molecule has 0 radical (unpaired) electrons. The van der Waals surface area contributed by atoms with Crippen LogP contribution >= 0.6 is 0 Å². The number of hydrogen-bond acceptors (Lipinski definition) is 2. The lowest BCUT2D eigenvalue weighted by Gasteiger charge is -2.22. The van der Waals surface area contributed by atoms with Gasteiger partial charge in [0.2, 0.25) is 5.91 Å². The third kappa shape index (κ3) is 2.81. The van der Waals surface area contributed by atoms with Gasteiger partial charge in [-0.25, -0.2) is 13.2 Å². The summed E-state index contributed by atoms with van der Waals surface area (Å²) in [7, 11) is 0. The van der Waals surface area contributed by atoms with E-state index in [-0.39, 0.29) is 17.5 Å². The number of carbonyl (C=O) groups excluding carboxylic acids is 1. The van der Waals surface area contributed by atoms with Crippen LogP contribution in [0.3, 0.4) is 0 Å². The zero-order chi connectivity index (χ0) is 13.1. The second-order valence-electron chi connectivity index (χ2n) is 4.28. The molecule has 1 atom stereocenters. The number of rotatable bonds is 2. The smallest absolute Gasteiger partial charge is 0.228 e. The molecule has 2 rings (SSSR count). The Bertz CT molecular complexity index is 459. The van der Waals surface area contributed by atoms with Crippen LogP contribution in [0.5, 0.6) is 0 Å². The number of piperidine rings is 1. The summed E-state index contributed by atoms with van der Waals surface area (Å²) in [5.74, 6) is -4.09. The maximum Gasteiger partial charge on any atom is 0.228 e. The van der Waals surface area contributed by atoms with Crippen LogP contribution in [-0.2, 0) is 4.79 Å². The van der Waals surface area contributed by atoms with Crippen molar-refractivity contribution in [3.05, 3.63) is 29.6 Å². The first-order chi connectivity index (χ1) is 8.58. The summed E-state index contributed by atoms with van der Waals surface area (Å²) in [4.78, 5) is 11.8. The van der Waals surface area contributed by atoms with Gasteiger partial charge in [0.05, 0.1) is 11.6 Å². The summed E-state index contributed by atoms with van der Waals surface area (Å²) in [5, 5.41) is 5.34. The predicted molar refractivity (Wildman–Crippen MR) is 60.5 cm³/mol. The van der Waals surface area contributed by atoms with Gasteiger partial charge in [-0.1, -0.05) is 0 Å². The fourth-order valence-electron chi connectivity index (χ4n) is 1.93. The molecule has 1 aliphatic heterocycles. The Morgan fingerprint density at radius 3 is 2.61 bits per heavy atom. The highest BCUT2D eigenvalue weighted by Crippen LogP contribution is 2.20. The number of benzene rings is 1. The number of halogens is 3. The van der Waals surface area contributed by atoms with Gasteiger partial charge in [-0.2, -0.15) is 0 Å². The summed E-state index contributed by atoms with van der Waals surface area (Å²) < 4.78 is 39.0. The third-order valence-corrected chi connectivity index (χ3v) is 2.94. The molecule has 0 saturated carbocycles. The molecule has 0 aromatic heterocycles. The highest BCUT2D eigenvalue weighted by molar-refractivity contribution is 5.92. The maximum atomic E-state index is 13.3. The van der Waals surface area contributed by atoms with E-state index in [0.29, 0.717) is 25.1 Å². The standard InChI is InChI=1S/C12H13F3N2O/c13-8-4-10(15)11(5-9(8)14)17-12(18)7-2-1-3-16-6-7/h4-5,7,16H,1-3,6H2,(H,17,18)/t7-/m1/s1. The van der Waals surface area contributed by atoms with Gasteiger partial charge in [-0.15, -0.1) is 0 Å². The molecule has 1 amide bonds. The molecule has 6 heteroatoms. The van der Waals surface area contributed by atoms with Crippen LogP contribution in [0.4, 0.5) is 18.9 Å². The van der Waals surface area contributed by atoms with Crippen molar-refractivity contribution in [1.29, 1.82) is 0 Å². The van der Waals surface area contributed by atoms with Gasteiger partial charge in [0.15, 0.2) is 11.6 Å². The SMILES string of the molecule is O=C(Nc1cc(F)c(F)cc1F)[C@@H]1CCCNC1. The topological polar surface area (TPSA) is 41.1 Å². The fourth-order valence-corrected chi connectivity index (χ4v) is 1.93. The minimum absolute atomic E-state index is 0.272. The van der Waals surface area contributed by atoms with Crippen LogP contribution in [0.15, 0.2) is 12.1 Å². The van der Waals surface area contributed by atoms with Crippen LogP contribution in [0.25, 0.3) is 0 Å². The van der Waals surface area contributed by atoms with Gasteiger partial charge in [-0.05, 0) is 19.4 Å². The van der Waals surface area contributed by atoms with E-state index < -0.39 is 17.5 Å². The Balaban J connectivity index is 2.08. The highest BCUT2D eigenvalue weighted by Gasteiger charge is 2.22. The van der Waals surface area contributed by atoms with E-state index in [9.17, 15) is 18.0 Å². The van der Waals surface area contributed by atoms with Crippen molar-refractivity contribution in [3.63, 3.8) is 0 Å². The van der Waals surface area contributed by atoms with Crippen molar-refractivity contribution in [2.24, 2.45) is 5.92 Å². The van der Waals surface area contributed by atoms with E-state index in [1.165, 1.54) is 0 Å². The quantitative estimate of drug-likeness (QED) is 0.797. The summed E-state index contributed by atoms with van der Waals surface area (Å²) in [6, 6.07) is 1.07. The van der Waals surface area contributed by atoms with E-state index in [1.54, 1.807) is 0 Å². The van der Waals surface area contributed by atoms with Crippen molar-refractivity contribution >= 4 is 11.6 Å². The van der Waals surface area contributed by atoms with E-state index >= 15 is 0 Å². The van der Waals surface area contributed by atoms with Crippen molar-refractivity contribution in [3.8, 4) is 0 Å². The van der Waals surface area contributed by atoms with Crippen LogP contribution < -0.4 is 10.6 Å². The minimum atomic E-state index is -1.27. The molecule has 1 saturated heterocycles. The van der Waals surface area contributed by atoms with E-state index in [1.807, 2.05) is 0 Å². The first-order valence-corrected chi connectivity index (χ1v) is 5.74. The lowest BCUT2D eigenvalue weighted by Crippen LogP contribution is -2.37. The zero-order valence-corrected chi connectivity index (χ0v) is 9.60. The summed E-state index contributed by atoms with van der Waals surface area (Å²) in [6.45, 7) is 1.36. The first-order valence-electron chi connectivity index (χ1n) is 5.74. The number of anilines is 1. The molecule has 2 N–H and O–H groups in total. The van der Waals surface area contributed by atoms with Gasteiger partial charge in [0, 0.05) is 18.7 Å². The summed E-state index contributed by atoms with van der Waals surface area (Å²) >= 11 is 0. The van der Waals surface area contributed by atoms with Gasteiger partial charge < -0.3 is 10.6 Å². The minimum Gasteiger partial charge on any atom is -0.323 e. The lowest BCUT2D eigenvalue weighted by molar-refractivity contribution is -0.120. The Hall–Kier alpha value is -1.56. The molecule has 1 aromatic carbocycles. The van der Waals surface area contributed by atoms with Crippen LogP contribution in [0, 0.1) is 23.4 Å². The molecule has 1 fully saturated rings. The first kappa shape index (κ1) is 12.9. The molecule has 1 aromatic rings. The van der Waals surface area contributed by atoms with Crippen LogP contribution in [-0.4, -0.2) is 19.0 Å². The average Bonchev–Trinajstić information content (AvgIpc) is 2.37. The molecule has 1 heterocycles. The molecule has 18 heavy (non-hydrogen) atoms. The molecular formula is C12H13F3N2O. The van der Waals surface area contributed by atoms with Crippen molar-refractivity contribution in [1.82, 2.24) is 5.32 Å². The summed E-state index contributed by atoms with van der Waals surface area (Å²) in [5.41, 5.74) is -0.329. The largest absolute Gasteiger partial charge is 0.323 e. The second kappa shape index (κ2) is 5.39. The van der Waals surface area contributed by atoms with E-state index in [2.05, 4.69) is 10.6 Å². The Morgan fingerprint density at radius 1 is 1.22 bits per heavy atom. The molecular weight excluding hydrogens is 245 g/mol. The maximum absolute atomic E-state index is 13.3. The Labute approximate surface area is 102 Å². The van der Waals surface area contributed by atoms with Crippen LogP contribution in [0.2, 0.25) is 0 Å². The molecule has 0 aliphatic carbocycles. The molecule has 0 bridgehead atoms. The predicted octanol–water partition coefficient (Wildman–Crippen LogP) is 2.04. The summed E-state index contributed by atoms with van der Waals surface area (Å²) in [6.07, 6.45) is 1.56. The second-order valence-corrected chi connectivity index (χ2v) is 4.28. The fraction of sp³-hybridized carbons (Fsp3) is 0.417. The molecule has 3 nitrogen and oxygen atoms in total. The monoisotopic (exact) mass is 258 g/mol. The van der Waals surface area contributed by atoms with Crippen molar-refractivity contribution in [2.45, 2.75) is 12.8 Å². The Morgan fingerprint density at radius 2 is 1.94 bits per heavy atom. The third-order valence-electron chi connectivity index (χ3n) is 2.94. The molecule has 1 aliphatic rings. The molecule has 0 spiro atoms. The lowest BCUT2D eigenvalue weighted by atomic mass is 9.99. The van der Waals surface area contributed by atoms with Gasteiger partial charge >= 0.3 is 0 Å². The van der Waals surface area contributed by atoms with Gasteiger partial charge in [-0.3, -0.25) is 4.79 Å².